The Labute approximate surface area is 150 Å². The van der Waals surface area contributed by atoms with Gasteiger partial charge in [0.25, 0.3) is 11.8 Å². The van der Waals surface area contributed by atoms with Gasteiger partial charge >= 0.3 is 0 Å². The van der Waals surface area contributed by atoms with E-state index in [2.05, 4.69) is 10.6 Å². The normalized spacial score (nSPS) is 11.6. The van der Waals surface area contributed by atoms with Gasteiger partial charge in [0.05, 0.1) is 7.05 Å². The fourth-order valence-corrected chi connectivity index (χ4v) is 2.71. The fourth-order valence-electron chi connectivity index (χ4n) is 2.26. The van der Waals surface area contributed by atoms with Crippen LogP contribution in [0.25, 0.3) is 0 Å². The van der Waals surface area contributed by atoms with Crippen LogP contribution in [0.2, 0.25) is 0 Å². The SMILES string of the molecule is CSc1cccc(NC(=O)C[NH+](C)CC(=O)Nc2ccc(F)cc2)c1. The van der Waals surface area contributed by atoms with Gasteiger partial charge in [-0.1, -0.05) is 6.07 Å². The number of benzene rings is 2. The third-order valence-electron chi connectivity index (χ3n) is 3.41. The van der Waals surface area contributed by atoms with Gasteiger partial charge in [0.15, 0.2) is 13.1 Å². The largest absolute Gasteiger partial charge is 0.322 e. The monoisotopic (exact) mass is 362 g/mol. The van der Waals surface area contributed by atoms with Crippen molar-refractivity contribution in [2.24, 2.45) is 0 Å². The second-order valence-corrected chi connectivity index (χ2v) is 6.53. The number of thioether (sulfide) groups is 1. The number of halogens is 1. The molecule has 0 saturated heterocycles. The van der Waals surface area contributed by atoms with Gasteiger partial charge in [-0.05, 0) is 48.7 Å². The van der Waals surface area contributed by atoms with Crippen molar-refractivity contribution in [1.29, 1.82) is 0 Å². The second-order valence-electron chi connectivity index (χ2n) is 5.65. The van der Waals surface area contributed by atoms with E-state index in [1.807, 2.05) is 30.5 Å². The van der Waals surface area contributed by atoms with Gasteiger partial charge in [-0.2, -0.15) is 0 Å². The maximum absolute atomic E-state index is 12.8. The average Bonchev–Trinajstić information content (AvgIpc) is 2.56. The Morgan fingerprint density at radius 2 is 1.60 bits per heavy atom. The molecule has 2 aromatic carbocycles. The zero-order valence-electron chi connectivity index (χ0n) is 14.1. The highest BCUT2D eigenvalue weighted by molar-refractivity contribution is 7.98. The quantitative estimate of drug-likeness (QED) is 0.656. The molecule has 0 fully saturated rings. The van der Waals surface area contributed by atoms with Crippen molar-refractivity contribution < 1.29 is 18.9 Å². The van der Waals surface area contributed by atoms with Crippen molar-refractivity contribution >= 4 is 35.0 Å². The first-order chi connectivity index (χ1) is 12.0. The number of carbonyl (C=O) groups is 2. The topological polar surface area (TPSA) is 62.6 Å². The van der Waals surface area contributed by atoms with Crippen LogP contribution in [0.1, 0.15) is 0 Å². The van der Waals surface area contributed by atoms with Crippen LogP contribution in [0.5, 0.6) is 0 Å². The zero-order valence-corrected chi connectivity index (χ0v) is 15.0. The summed E-state index contributed by atoms with van der Waals surface area (Å²) in [5, 5.41) is 5.51. The second kappa shape index (κ2) is 9.19. The zero-order chi connectivity index (χ0) is 18.2. The lowest BCUT2D eigenvalue weighted by Crippen LogP contribution is -3.11. The highest BCUT2D eigenvalue weighted by Gasteiger charge is 2.14. The molecule has 1 unspecified atom stereocenters. The van der Waals surface area contributed by atoms with Gasteiger partial charge in [0.1, 0.15) is 5.82 Å². The number of anilines is 2. The van der Waals surface area contributed by atoms with E-state index in [1.54, 1.807) is 18.8 Å². The molecule has 1 atom stereocenters. The Morgan fingerprint density at radius 3 is 2.20 bits per heavy atom. The Bertz CT molecular complexity index is 737. The van der Waals surface area contributed by atoms with Crippen LogP contribution in [-0.2, 0) is 9.59 Å². The Hall–Kier alpha value is -2.38. The summed E-state index contributed by atoms with van der Waals surface area (Å²) < 4.78 is 12.8. The van der Waals surface area contributed by atoms with Crippen molar-refractivity contribution in [3.05, 3.63) is 54.3 Å². The highest BCUT2D eigenvalue weighted by atomic mass is 32.2. The molecule has 2 rings (SSSR count). The van der Waals surface area contributed by atoms with Crippen LogP contribution in [0, 0.1) is 5.82 Å². The summed E-state index contributed by atoms with van der Waals surface area (Å²) in [4.78, 5) is 25.9. The fraction of sp³-hybridized carbons (Fsp3) is 0.222. The lowest BCUT2D eigenvalue weighted by molar-refractivity contribution is -0.862. The van der Waals surface area contributed by atoms with E-state index in [0.717, 1.165) is 15.5 Å². The van der Waals surface area contributed by atoms with Crippen LogP contribution in [0.3, 0.4) is 0 Å². The molecule has 0 saturated carbocycles. The number of carbonyl (C=O) groups excluding carboxylic acids is 2. The molecule has 7 heteroatoms. The Balaban J connectivity index is 1.80. The van der Waals surface area contributed by atoms with Crippen molar-refractivity contribution in [2.75, 3.05) is 37.0 Å². The smallest absolute Gasteiger partial charge is 0.279 e. The molecule has 0 aliphatic carbocycles. The van der Waals surface area contributed by atoms with Gasteiger partial charge in [-0.25, -0.2) is 4.39 Å². The molecule has 3 N–H and O–H groups in total. The van der Waals surface area contributed by atoms with E-state index in [4.69, 9.17) is 0 Å². The van der Waals surface area contributed by atoms with Crippen LogP contribution >= 0.6 is 11.8 Å². The summed E-state index contributed by atoms with van der Waals surface area (Å²) in [6.45, 7) is 0.302. The first-order valence-corrected chi connectivity index (χ1v) is 8.99. The summed E-state index contributed by atoms with van der Waals surface area (Å²) in [6, 6.07) is 13.1. The summed E-state index contributed by atoms with van der Waals surface area (Å²) in [7, 11) is 1.77. The third-order valence-corrected chi connectivity index (χ3v) is 4.13. The number of amides is 2. The molecule has 0 aliphatic rings. The molecule has 2 aromatic rings. The standard InChI is InChI=1S/C18H20FN3O2S/c1-22(11-17(23)20-14-8-6-13(19)7-9-14)12-18(24)21-15-4-3-5-16(10-15)25-2/h3-10H,11-12H2,1-2H3,(H,20,23)(H,21,24)/p+1. The number of hydrogen-bond acceptors (Lipinski definition) is 3. The number of quaternary nitrogens is 1. The summed E-state index contributed by atoms with van der Waals surface area (Å²) in [5.74, 6) is -0.755. The lowest BCUT2D eigenvalue weighted by Gasteiger charge is -2.14. The predicted molar refractivity (Wildman–Crippen MR) is 98.5 cm³/mol. The molecule has 0 aliphatic heterocycles. The molecular weight excluding hydrogens is 341 g/mol. The van der Waals surface area contributed by atoms with Crippen molar-refractivity contribution in [1.82, 2.24) is 0 Å². The van der Waals surface area contributed by atoms with Crippen molar-refractivity contribution in [2.45, 2.75) is 4.90 Å². The van der Waals surface area contributed by atoms with E-state index in [1.165, 1.54) is 24.3 Å². The maximum Gasteiger partial charge on any atom is 0.279 e. The van der Waals surface area contributed by atoms with E-state index in [9.17, 15) is 14.0 Å². The summed E-state index contributed by atoms with van der Waals surface area (Å²) in [6.07, 6.45) is 1.97. The molecule has 0 spiro atoms. The minimum atomic E-state index is -0.358. The van der Waals surface area contributed by atoms with Crippen LogP contribution in [0.15, 0.2) is 53.4 Å². The van der Waals surface area contributed by atoms with Gasteiger partial charge in [0, 0.05) is 16.3 Å². The van der Waals surface area contributed by atoms with Crippen LogP contribution < -0.4 is 15.5 Å². The van der Waals surface area contributed by atoms with Gasteiger partial charge in [-0.3, -0.25) is 9.59 Å². The van der Waals surface area contributed by atoms with E-state index in [-0.39, 0.29) is 30.7 Å². The third kappa shape index (κ3) is 6.56. The van der Waals surface area contributed by atoms with Crippen LogP contribution in [-0.4, -0.2) is 38.2 Å². The highest BCUT2D eigenvalue weighted by Crippen LogP contribution is 2.18. The Kier molecular flexibility index (Phi) is 6.97. The van der Waals surface area contributed by atoms with Crippen LogP contribution in [0.4, 0.5) is 15.8 Å². The summed E-state index contributed by atoms with van der Waals surface area (Å²) in [5.41, 5.74) is 1.26. The van der Waals surface area contributed by atoms with Gasteiger partial charge in [0.2, 0.25) is 0 Å². The maximum atomic E-state index is 12.8. The molecule has 2 amide bonds. The molecule has 25 heavy (non-hydrogen) atoms. The molecule has 5 nitrogen and oxygen atoms in total. The molecule has 0 aromatic heterocycles. The molecule has 132 valence electrons. The number of likely N-dealkylation sites (N-methyl/N-ethyl adjacent to an activating group) is 1. The Morgan fingerprint density at radius 1 is 1.00 bits per heavy atom. The summed E-state index contributed by atoms with van der Waals surface area (Å²) >= 11 is 1.60. The number of rotatable bonds is 7. The predicted octanol–water partition coefficient (Wildman–Crippen LogP) is 1.64. The lowest BCUT2D eigenvalue weighted by atomic mass is 10.3. The van der Waals surface area contributed by atoms with E-state index < -0.39 is 0 Å². The molecular formula is C18H21FN3O2S+. The van der Waals surface area contributed by atoms with Crippen molar-refractivity contribution in [3.8, 4) is 0 Å². The first kappa shape index (κ1) is 19.0. The number of nitrogens with one attached hydrogen (secondary N) is 3. The first-order valence-electron chi connectivity index (χ1n) is 7.77. The van der Waals surface area contributed by atoms with Crippen molar-refractivity contribution in [3.63, 3.8) is 0 Å². The number of hydrogen-bond donors (Lipinski definition) is 3. The molecule has 0 bridgehead atoms. The molecule has 0 radical (unpaired) electrons. The average molecular weight is 362 g/mol. The molecule has 0 heterocycles. The van der Waals surface area contributed by atoms with Gasteiger partial charge in [-0.15, -0.1) is 11.8 Å². The van der Waals surface area contributed by atoms with Gasteiger partial charge < -0.3 is 15.5 Å². The minimum Gasteiger partial charge on any atom is -0.322 e. The minimum absolute atomic E-state index is 0.135. The van der Waals surface area contributed by atoms with E-state index >= 15 is 0 Å². The van der Waals surface area contributed by atoms with E-state index in [0.29, 0.717) is 5.69 Å².